The Kier molecular flexibility index (Phi) is 28.4. The van der Waals surface area contributed by atoms with Crippen molar-refractivity contribution in [1.82, 2.24) is 0 Å². The molecule has 0 unspecified atom stereocenters. The Morgan fingerprint density at radius 2 is 1.24 bits per heavy atom. The van der Waals surface area contributed by atoms with E-state index >= 15 is 0 Å². The van der Waals surface area contributed by atoms with Gasteiger partial charge in [0.15, 0.2) is 0 Å². The van der Waals surface area contributed by atoms with Crippen molar-refractivity contribution < 1.29 is 71.9 Å². The topological polar surface area (TPSA) is 0 Å². The minimum Gasteiger partial charge on any atom is -0.168 e. The Balaban J connectivity index is -0.000000225. The van der Waals surface area contributed by atoms with Gasteiger partial charge in [0.25, 0.3) is 0 Å². The Morgan fingerprint density at radius 3 is 1.55 bits per heavy atom. The van der Waals surface area contributed by atoms with Gasteiger partial charge < -0.3 is 39.7 Å². The quantitative estimate of drug-likeness (QED) is 0.350. The number of allylic oxidation sites excluding steroid dienone is 12. The number of rotatable bonds is 1. The average molecular weight is 749 g/mol. The molecule has 0 amide bonds. The normalized spacial score (nSPS) is 14.4. The van der Waals surface area contributed by atoms with Crippen LogP contribution in [0.5, 0.6) is 0 Å². The molecule has 0 heterocycles. The minimum atomic E-state index is -0.826. The van der Waals surface area contributed by atoms with Crippen molar-refractivity contribution in [3.8, 4) is 0 Å². The van der Waals surface area contributed by atoms with E-state index in [1.807, 2.05) is 12.2 Å². The van der Waals surface area contributed by atoms with E-state index in [2.05, 4.69) is 96.2 Å². The van der Waals surface area contributed by atoms with Crippen molar-refractivity contribution in [2.24, 2.45) is 0 Å². The summed E-state index contributed by atoms with van der Waals surface area (Å²) < 4.78 is 0. The number of benzene rings is 1. The maximum Gasteiger partial charge on any atom is 3.00 e. The second-order valence-corrected chi connectivity index (χ2v) is 12.3. The molecule has 6 heteroatoms. The third-order valence-electron chi connectivity index (χ3n) is 6.69. The molecule has 0 nitrogen and oxygen atoms in total. The molecule has 5 rings (SSSR count). The molecular weight excluding hydrogens is 709 g/mol. The van der Waals surface area contributed by atoms with E-state index in [4.69, 9.17) is 17.0 Å². The van der Waals surface area contributed by atoms with Crippen molar-refractivity contribution in [1.29, 1.82) is 0 Å². The van der Waals surface area contributed by atoms with Crippen LogP contribution in [0.3, 0.4) is 0 Å². The zero-order valence-electron chi connectivity index (χ0n) is 23.9. The molecule has 0 saturated heterocycles. The number of hydrogen-bond donors (Lipinski definition) is 0. The molecule has 0 spiro atoms. The fraction of sp³-hybridized carbons (Fsp3) is 0.281. The second-order valence-electron chi connectivity index (χ2n) is 8.60. The van der Waals surface area contributed by atoms with Crippen molar-refractivity contribution in [2.75, 3.05) is 0 Å². The van der Waals surface area contributed by atoms with Crippen LogP contribution in [0, 0.1) is 20.9 Å². The molecular formula is C32H40Cl4Zr2-3. The van der Waals surface area contributed by atoms with Gasteiger partial charge >= 0.3 is 64.1 Å². The third-order valence-corrected chi connectivity index (χ3v) is 6.69. The summed E-state index contributed by atoms with van der Waals surface area (Å²) >= 11 is -0.826. The molecule has 0 bridgehead atoms. The first-order chi connectivity index (χ1) is 15.8. The van der Waals surface area contributed by atoms with E-state index in [1.54, 1.807) is 22.3 Å². The summed E-state index contributed by atoms with van der Waals surface area (Å²) in [6.07, 6.45) is 12.3. The Labute approximate surface area is 283 Å². The summed E-state index contributed by atoms with van der Waals surface area (Å²) in [5, 5.41) is 2.66. The second kappa shape index (κ2) is 23.9. The van der Waals surface area contributed by atoms with Crippen LogP contribution in [0.4, 0.5) is 0 Å². The van der Waals surface area contributed by atoms with Gasteiger partial charge in [-0.15, -0.1) is 36.1 Å². The fourth-order valence-corrected chi connectivity index (χ4v) is 4.23. The van der Waals surface area contributed by atoms with Gasteiger partial charge in [0.1, 0.15) is 0 Å². The van der Waals surface area contributed by atoms with Crippen molar-refractivity contribution in [2.45, 2.75) is 60.8 Å². The molecule has 0 N–H and O–H groups in total. The third kappa shape index (κ3) is 13.2. The molecule has 3 aliphatic rings. The summed E-state index contributed by atoms with van der Waals surface area (Å²) in [7, 11) is 9.87. The summed E-state index contributed by atoms with van der Waals surface area (Å²) in [5.41, 5.74) is 12.4. The van der Waals surface area contributed by atoms with Gasteiger partial charge in [-0.05, 0) is 87.8 Å². The van der Waals surface area contributed by atoms with Crippen molar-refractivity contribution in [3.05, 3.63) is 126 Å². The van der Waals surface area contributed by atoms with Gasteiger partial charge in [0.05, 0.1) is 0 Å². The van der Waals surface area contributed by atoms with Crippen LogP contribution in [-0.2, 0) is 47.1 Å². The molecule has 0 saturated carbocycles. The molecule has 38 heavy (non-hydrogen) atoms. The van der Waals surface area contributed by atoms with E-state index in [-0.39, 0.29) is 65.9 Å². The summed E-state index contributed by atoms with van der Waals surface area (Å²) in [6, 6.07) is 14.7. The Morgan fingerprint density at radius 1 is 0.763 bits per heavy atom. The summed E-state index contributed by atoms with van der Waals surface area (Å²) in [6.45, 7) is 13.6. The predicted molar refractivity (Wildman–Crippen MR) is 157 cm³/mol. The zero-order chi connectivity index (χ0) is 24.4. The number of halogens is 4. The molecule has 1 radical (unpaired) electrons. The molecule has 0 aromatic heterocycles. The maximum atomic E-state index is 4.93. The van der Waals surface area contributed by atoms with Crippen LogP contribution in [0.15, 0.2) is 105 Å². The van der Waals surface area contributed by atoms with Gasteiger partial charge in [-0.3, -0.25) is 6.08 Å². The van der Waals surface area contributed by atoms with Gasteiger partial charge in [-0.25, -0.2) is 12.2 Å². The minimum absolute atomic E-state index is 0. The number of hydrogen-bond acceptors (Lipinski definition) is 0. The summed E-state index contributed by atoms with van der Waals surface area (Å²) in [4.78, 5) is 0. The summed E-state index contributed by atoms with van der Waals surface area (Å²) in [5.74, 6) is 0. The van der Waals surface area contributed by atoms with E-state index in [9.17, 15) is 0 Å². The van der Waals surface area contributed by atoms with Gasteiger partial charge in [0.2, 0.25) is 0 Å². The van der Waals surface area contributed by atoms with Crippen molar-refractivity contribution in [3.63, 3.8) is 0 Å². The van der Waals surface area contributed by atoms with Crippen LogP contribution >= 0.6 is 17.0 Å². The monoisotopic (exact) mass is 744 g/mol. The molecule has 3 aliphatic carbocycles. The Bertz CT molecular complexity index is 1060. The SMILES string of the molecule is CC1=C(C)C(C)=C(C2=C(C)C(C)=C(C)C2)C1.[C-]1=CC=CC1.[CH3-].[CH3-].[Cl-].[Cl-].[Cl][Zr][Cl].[Zr+3].c1ccc2[cH-]ccc2c1. The standard InChI is InChI=1S/C16H22.C9H7.C5H5.2CH3.4ClH.2Zr/c1-9-7-15(13(5)11(9)3)16-8-10(2)12(4)14(16)6;1-2-5-9-7-3-6-8(9)4-1;1-2-4-5-3-1;;;;;;;;/h7-8H2,1-6H3;1-7H;1-3H,4H2;2*1H3;4*1H;;/q;4*-1;;;;;+2;+3/p-4. The predicted octanol–water partition coefficient (Wildman–Crippen LogP) is 5.25. The maximum absolute atomic E-state index is 4.93. The largest absolute Gasteiger partial charge is 3.00 e. The van der Waals surface area contributed by atoms with Gasteiger partial charge in [-0.2, -0.15) is 23.6 Å². The molecule has 0 atom stereocenters. The first kappa shape index (κ1) is 45.2. The van der Waals surface area contributed by atoms with Gasteiger partial charge in [0, 0.05) is 0 Å². The van der Waals surface area contributed by atoms with Crippen LogP contribution in [0.1, 0.15) is 60.8 Å². The smallest absolute Gasteiger partial charge is 0.168 e. The zero-order valence-corrected chi connectivity index (χ0v) is 31.8. The van der Waals surface area contributed by atoms with Crippen molar-refractivity contribution >= 4 is 27.8 Å². The first-order valence-electron chi connectivity index (χ1n) is 11.3. The molecule has 2 aromatic carbocycles. The fourth-order valence-electron chi connectivity index (χ4n) is 4.23. The Hall–Kier alpha value is 0.196. The average Bonchev–Trinajstić information content (AvgIpc) is 3.61. The number of fused-ring (bicyclic) bond motifs is 1. The van der Waals surface area contributed by atoms with E-state index in [0.717, 1.165) is 6.42 Å². The van der Waals surface area contributed by atoms with Crippen LogP contribution in [0.2, 0.25) is 0 Å². The van der Waals surface area contributed by atoms with E-state index in [1.165, 1.54) is 45.9 Å². The first-order valence-corrected chi connectivity index (χ1v) is 17.7. The van der Waals surface area contributed by atoms with E-state index in [0.29, 0.717) is 0 Å². The van der Waals surface area contributed by atoms with E-state index < -0.39 is 20.8 Å². The molecule has 0 fully saturated rings. The van der Waals surface area contributed by atoms with Crippen LogP contribution in [0.25, 0.3) is 10.8 Å². The van der Waals surface area contributed by atoms with Gasteiger partial charge in [-0.1, -0.05) is 17.2 Å². The molecule has 0 aliphatic heterocycles. The molecule has 207 valence electrons. The van der Waals surface area contributed by atoms with Crippen LogP contribution in [-0.4, -0.2) is 0 Å². The molecule has 2 aromatic rings. The van der Waals surface area contributed by atoms with Crippen LogP contribution < -0.4 is 24.8 Å².